The molecule has 2 unspecified atom stereocenters. The summed E-state index contributed by atoms with van der Waals surface area (Å²) in [4.78, 5) is 26.5. The van der Waals surface area contributed by atoms with Gasteiger partial charge in [-0.05, 0) is 19.1 Å². The smallest absolute Gasteiger partial charge is 0.321 e. The van der Waals surface area contributed by atoms with Crippen molar-refractivity contribution in [2.75, 3.05) is 4.72 Å². The number of anilines is 1. The Morgan fingerprint density at radius 3 is 2.63 bits per heavy atom. The van der Waals surface area contributed by atoms with Crippen LogP contribution in [0.25, 0.3) is 0 Å². The Morgan fingerprint density at radius 1 is 1.32 bits per heavy atom. The molecule has 2 atom stereocenters. The molecule has 2 rings (SSSR count). The van der Waals surface area contributed by atoms with Crippen LogP contribution >= 0.6 is 0 Å². The minimum absolute atomic E-state index is 0.111. The van der Waals surface area contributed by atoms with Gasteiger partial charge in [0.2, 0.25) is 15.9 Å². The Labute approximate surface area is 109 Å². The van der Waals surface area contributed by atoms with Crippen LogP contribution in [0.1, 0.15) is 6.92 Å². The number of nitrogens with one attached hydrogen (secondary N) is 3. The number of amides is 3. The lowest BCUT2D eigenvalue weighted by Gasteiger charge is -2.28. The number of hydrogen-bond donors (Lipinski definition) is 3. The molecule has 0 aliphatic carbocycles. The molecule has 1 aromatic heterocycles. The van der Waals surface area contributed by atoms with E-state index >= 15 is 0 Å². The maximum atomic E-state index is 12.1. The zero-order chi connectivity index (χ0) is 14.0. The third-order valence-electron chi connectivity index (χ3n) is 2.55. The molecule has 19 heavy (non-hydrogen) atoms. The highest BCUT2D eigenvalue weighted by atomic mass is 32.2. The minimum atomic E-state index is -4.00. The second-order valence-electron chi connectivity index (χ2n) is 4.03. The van der Waals surface area contributed by atoms with E-state index in [-0.39, 0.29) is 5.82 Å². The summed E-state index contributed by atoms with van der Waals surface area (Å²) < 4.78 is 26.5. The van der Waals surface area contributed by atoms with E-state index in [1.807, 2.05) is 5.32 Å². The van der Waals surface area contributed by atoms with Crippen molar-refractivity contribution in [1.29, 1.82) is 0 Å². The van der Waals surface area contributed by atoms with Gasteiger partial charge in [-0.3, -0.25) is 14.8 Å². The van der Waals surface area contributed by atoms with Crippen LogP contribution in [0, 0.1) is 0 Å². The minimum Gasteiger partial charge on any atom is -0.333 e. The summed E-state index contributed by atoms with van der Waals surface area (Å²) in [6.45, 7) is 1.44. The fourth-order valence-corrected chi connectivity index (χ4v) is 3.26. The first-order valence-electron chi connectivity index (χ1n) is 5.44. The van der Waals surface area contributed by atoms with Gasteiger partial charge in [0.1, 0.15) is 5.82 Å². The lowest BCUT2D eigenvalue weighted by Crippen LogP contribution is -2.63. The summed E-state index contributed by atoms with van der Waals surface area (Å²) in [5, 5.41) is 2.85. The number of rotatable bonds is 3. The molecule has 0 saturated carbocycles. The number of pyridine rings is 1. The van der Waals surface area contributed by atoms with Crippen LogP contribution in [0.5, 0.6) is 0 Å². The molecular formula is C10H12N4O4S. The fourth-order valence-electron chi connectivity index (χ4n) is 1.77. The van der Waals surface area contributed by atoms with E-state index in [1.54, 1.807) is 12.1 Å². The van der Waals surface area contributed by atoms with Gasteiger partial charge in [0.05, 0.1) is 6.04 Å². The molecule has 8 nitrogen and oxygen atoms in total. The molecule has 0 aromatic carbocycles. The number of urea groups is 1. The molecule has 3 N–H and O–H groups in total. The zero-order valence-corrected chi connectivity index (χ0v) is 10.8. The lowest BCUT2D eigenvalue weighted by atomic mass is 10.2. The van der Waals surface area contributed by atoms with E-state index in [0.717, 1.165) is 0 Å². The number of carbonyl (C=O) groups is 2. The average Bonchev–Trinajstić information content (AvgIpc) is 2.27. The first kappa shape index (κ1) is 13.3. The molecule has 1 aliphatic rings. The zero-order valence-electron chi connectivity index (χ0n) is 9.95. The maximum absolute atomic E-state index is 12.1. The summed E-state index contributed by atoms with van der Waals surface area (Å²) in [6.07, 6.45) is 1.42. The van der Waals surface area contributed by atoms with Gasteiger partial charge >= 0.3 is 6.03 Å². The summed E-state index contributed by atoms with van der Waals surface area (Å²) >= 11 is 0. The van der Waals surface area contributed by atoms with Crippen LogP contribution in [0.15, 0.2) is 24.4 Å². The highest BCUT2D eigenvalue weighted by Crippen LogP contribution is 2.14. The molecule has 0 spiro atoms. The van der Waals surface area contributed by atoms with Crippen molar-refractivity contribution >= 4 is 27.8 Å². The second-order valence-corrected chi connectivity index (χ2v) is 5.84. The van der Waals surface area contributed by atoms with Crippen LogP contribution in [0.4, 0.5) is 10.6 Å². The third-order valence-corrected chi connectivity index (χ3v) is 4.34. The molecule has 1 aromatic rings. The number of hydrogen-bond acceptors (Lipinski definition) is 5. The normalized spacial score (nSPS) is 23.4. The third kappa shape index (κ3) is 2.81. The molecule has 1 aliphatic heterocycles. The molecular weight excluding hydrogens is 272 g/mol. The second kappa shape index (κ2) is 4.84. The predicted octanol–water partition coefficient (Wildman–Crippen LogP) is -0.580. The van der Waals surface area contributed by atoms with Gasteiger partial charge in [-0.25, -0.2) is 18.2 Å². The van der Waals surface area contributed by atoms with E-state index < -0.39 is 33.3 Å². The van der Waals surface area contributed by atoms with E-state index in [1.165, 1.54) is 19.2 Å². The monoisotopic (exact) mass is 284 g/mol. The van der Waals surface area contributed by atoms with Crippen molar-refractivity contribution in [3.05, 3.63) is 24.4 Å². The van der Waals surface area contributed by atoms with E-state index in [2.05, 4.69) is 15.0 Å². The van der Waals surface area contributed by atoms with Gasteiger partial charge in [0.25, 0.3) is 0 Å². The number of nitrogens with zero attached hydrogens (tertiary/aromatic N) is 1. The Morgan fingerprint density at radius 2 is 2.05 bits per heavy atom. The number of carbonyl (C=O) groups excluding carboxylic acids is 2. The molecule has 2 heterocycles. The van der Waals surface area contributed by atoms with Crippen LogP contribution < -0.4 is 15.4 Å². The molecule has 0 radical (unpaired) electrons. The highest BCUT2D eigenvalue weighted by Gasteiger charge is 2.42. The summed E-state index contributed by atoms with van der Waals surface area (Å²) in [5.74, 6) is -0.751. The Bertz CT molecular complexity index is 601. The highest BCUT2D eigenvalue weighted by molar-refractivity contribution is 7.94. The molecule has 0 bridgehead atoms. The first-order valence-corrected chi connectivity index (χ1v) is 6.99. The summed E-state index contributed by atoms with van der Waals surface area (Å²) in [7, 11) is -4.00. The van der Waals surface area contributed by atoms with Crippen molar-refractivity contribution in [1.82, 2.24) is 15.6 Å². The van der Waals surface area contributed by atoms with Gasteiger partial charge in [-0.15, -0.1) is 0 Å². The Hall–Kier alpha value is -2.16. The van der Waals surface area contributed by atoms with Crippen LogP contribution in [-0.2, 0) is 14.8 Å². The number of imide groups is 1. The van der Waals surface area contributed by atoms with Crippen LogP contribution in [0.3, 0.4) is 0 Å². The standard InChI is InChI=1S/C10H12N4O4S/c1-6-8(9(15)13-10(16)12-6)19(17,18)14-7-4-2-3-5-11-7/h2-6,8H,1H3,(H,11,14)(H2,12,13,15,16). The van der Waals surface area contributed by atoms with Crippen molar-refractivity contribution < 1.29 is 18.0 Å². The average molecular weight is 284 g/mol. The van der Waals surface area contributed by atoms with Crippen LogP contribution in [0.2, 0.25) is 0 Å². The number of sulfonamides is 1. The Balaban J connectivity index is 2.24. The number of aromatic nitrogens is 1. The molecule has 1 fully saturated rings. The predicted molar refractivity (Wildman–Crippen MR) is 66.7 cm³/mol. The van der Waals surface area contributed by atoms with E-state index in [4.69, 9.17) is 0 Å². The fraction of sp³-hybridized carbons (Fsp3) is 0.300. The first-order chi connectivity index (χ1) is 8.90. The summed E-state index contributed by atoms with van der Waals surface area (Å²) in [5.41, 5.74) is 0. The lowest BCUT2D eigenvalue weighted by molar-refractivity contribution is -0.120. The van der Waals surface area contributed by atoms with Gasteiger partial charge in [0.15, 0.2) is 5.25 Å². The van der Waals surface area contributed by atoms with Gasteiger partial charge < -0.3 is 5.32 Å². The van der Waals surface area contributed by atoms with Crippen molar-refractivity contribution in [2.45, 2.75) is 18.2 Å². The maximum Gasteiger partial charge on any atom is 0.321 e. The van der Waals surface area contributed by atoms with Crippen molar-refractivity contribution in [3.63, 3.8) is 0 Å². The topological polar surface area (TPSA) is 117 Å². The molecule has 9 heteroatoms. The molecule has 102 valence electrons. The summed E-state index contributed by atoms with van der Waals surface area (Å²) in [6, 6.07) is 3.16. The van der Waals surface area contributed by atoms with Gasteiger partial charge in [-0.1, -0.05) is 6.07 Å². The van der Waals surface area contributed by atoms with Crippen molar-refractivity contribution in [2.24, 2.45) is 0 Å². The van der Waals surface area contributed by atoms with Crippen LogP contribution in [-0.4, -0.2) is 36.6 Å². The Kier molecular flexibility index (Phi) is 3.38. The van der Waals surface area contributed by atoms with Crippen molar-refractivity contribution in [3.8, 4) is 0 Å². The van der Waals surface area contributed by atoms with Gasteiger partial charge in [-0.2, -0.15) is 0 Å². The molecule has 1 saturated heterocycles. The largest absolute Gasteiger partial charge is 0.333 e. The molecule has 3 amide bonds. The SMILES string of the molecule is CC1NC(=O)NC(=O)C1S(=O)(=O)Nc1ccccn1. The van der Waals surface area contributed by atoms with E-state index in [0.29, 0.717) is 0 Å². The van der Waals surface area contributed by atoms with E-state index in [9.17, 15) is 18.0 Å². The quantitative estimate of drug-likeness (QED) is 0.686. The van der Waals surface area contributed by atoms with Gasteiger partial charge in [0, 0.05) is 6.20 Å².